The lowest BCUT2D eigenvalue weighted by molar-refractivity contribution is -0.119. The number of hydrogen-bond acceptors (Lipinski definition) is 5. The van der Waals surface area contributed by atoms with E-state index in [-0.39, 0.29) is 11.3 Å². The number of nitrogens with one attached hydrogen (secondary N) is 1. The molecule has 7 heteroatoms. The molecule has 1 amide bonds. The fraction of sp³-hybridized carbons (Fsp3) is 0.105. The number of aromatic nitrogens is 1. The highest BCUT2D eigenvalue weighted by molar-refractivity contribution is 5.99. The second-order valence-electron chi connectivity index (χ2n) is 5.46. The first-order chi connectivity index (χ1) is 12.5. The number of ether oxygens (including phenoxy) is 1. The van der Waals surface area contributed by atoms with Crippen LogP contribution >= 0.6 is 0 Å². The van der Waals surface area contributed by atoms with Crippen LogP contribution < -0.4 is 5.32 Å². The van der Waals surface area contributed by atoms with Gasteiger partial charge in [-0.05, 0) is 25.1 Å². The molecule has 0 bridgehead atoms. The van der Waals surface area contributed by atoms with E-state index in [1.54, 1.807) is 31.2 Å². The molecule has 0 aliphatic rings. The van der Waals surface area contributed by atoms with Crippen LogP contribution in [0.3, 0.4) is 0 Å². The van der Waals surface area contributed by atoms with E-state index in [0.29, 0.717) is 17.0 Å². The van der Waals surface area contributed by atoms with Crippen LogP contribution in [0.15, 0.2) is 59.1 Å². The molecule has 6 nitrogen and oxygen atoms in total. The molecular formula is C19H15FN2O4. The highest BCUT2D eigenvalue weighted by Crippen LogP contribution is 2.25. The van der Waals surface area contributed by atoms with Crippen LogP contribution in [0.1, 0.15) is 16.1 Å². The quantitative estimate of drug-likeness (QED) is 0.708. The summed E-state index contributed by atoms with van der Waals surface area (Å²) in [5.74, 6) is -1.50. The third-order valence-corrected chi connectivity index (χ3v) is 3.56. The molecule has 26 heavy (non-hydrogen) atoms. The van der Waals surface area contributed by atoms with Gasteiger partial charge in [-0.15, -0.1) is 0 Å². The standard InChI is InChI=1S/C19H15FN2O4/c1-12-17(18(22-26-12)13-6-3-2-4-7-13)19(24)25-11-16(23)21-15-9-5-8-14(20)10-15/h2-10H,11H2,1H3,(H,21,23). The summed E-state index contributed by atoms with van der Waals surface area (Å²) in [6.07, 6.45) is 0. The zero-order valence-electron chi connectivity index (χ0n) is 13.9. The van der Waals surface area contributed by atoms with Crippen LogP contribution in [0, 0.1) is 12.7 Å². The van der Waals surface area contributed by atoms with Crippen LogP contribution in [0.5, 0.6) is 0 Å². The molecule has 1 heterocycles. The lowest BCUT2D eigenvalue weighted by atomic mass is 10.1. The van der Waals surface area contributed by atoms with Gasteiger partial charge in [-0.25, -0.2) is 9.18 Å². The Balaban J connectivity index is 1.67. The molecule has 1 N–H and O–H groups in total. The predicted octanol–water partition coefficient (Wildman–Crippen LogP) is 3.58. The minimum absolute atomic E-state index is 0.162. The molecule has 2 aromatic carbocycles. The van der Waals surface area contributed by atoms with Crippen molar-refractivity contribution in [3.05, 3.63) is 71.7 Å². The van der Waals surface area contributed by atoms with Crippen LogP contribution in [-0.4, -0.2) is 23.6 Å². The van der Waals surface area contributed by atoms with E-state index in [1.165, 1.54) is 18.2 Å². The number of carbonyl (C=O) groups is 2. The van der Waals surface area contributed by atoms with Gasteiger partial charge in [-0.3, -0.25) is 4.79 Å². The van der Waals surface area contributed by atoms with Crippen molar-refractivity contribution in [3.8, 4) is 11.3 Å². The van der Waals surface area contributed by atoms with Crippen LogP contribution in [-0.2, 0) is 9.53 Å². The number of nitrogens with zero attached hydrogens (tertiary/aromatic N) is 1. The van der Waals surface area contributed by atoms with Gasteiger partial charge in [0.05, 0.1) is 0 Å². The fourth-order valence-corrected chi connectivity index (χ4v) is 2.37. The van der Waals surface area contributed by atoms with Crippen molar-refractivity contribution in [3.63, 3.8) is 0 Å². The number of benzene rings is 2. The Morgan fingerprint density at radius 1 is 1.15 bits per heavy atom. The van der Waals surface area contributed by atoms with E-state index in [2.05, 4.69) is 10.5 Å². The maximum atomic E-state index is 13.1. The first-order valence-electron chi connectivity index (χ1n) is 7.79. The van der Waals surface area contributed by atoms with E-state index in [0.717, 1.165) is 6.07 Å². The second kappa shape index (κ2) is 7.60. The molecule has 3 rings (SSSR count). The summed E-state index contributed by atoms with van der Waals surface area (Å²) in [6.45, 7) is 1.07. The van der Waals surface area contributed by atoms with E-state index in [9.17, 15) is 14.0 Å². The maximum absolute atomic E-state index is 13.1. The number of amides is 1. The molecular weight excluding hydrogens is 339 g/mol. The first kappa shape index (κ1) is 17.3. The minimum Gasteiger partial charge on any atom is -0.452 e. The van der Waals surface area contributed by atoms with Crippen molar-refractivity contribution < 1.29 is 23.2 Å². The third kappa shape index (κ3) is 3.94. The molecule has 0 saturated heterocycles. The number of esters is 1. The molecule has 0 aliphatic carbocycles. The van der Waals surface area contributed by atoms with Gasteiger partial charge in [-0.1, -0.05) is 41.6 Å². The molecule has 0 spiro atoms. The van der Waals surface area contributed by atoms with E-state index in [1.807, 2.05) is 6.07 Å². The second-order valence-corrected chi connectivity index (χ2v) is 5.46. The largest absolute Gasteiger partial charge is 0.452 e. The Labute approximate surface area is 148 Å². The maximum Gasteiger partial charge on any atom is 0.344 e. The van der Waals surface area contributed by atoms with Crippen molar-refractivity contribution in [1.29, 1.82) is 0 Å². The Hall–Kier alpha value is -3.48. The number of hydrogen-bond donors (Lipinski definition) is 1. The van der Waals surface area contributed by atoms with Crippen LogP contribution in [0.4, 0.5) is 10.1 Å². The monoisotopic (exact) mass is 354 g/mol. The van der Waals surface area contributed by atoms with Gasteiger partial charge < -0.3 is 14.6 Å². The Morgan fingerprint density at radius 2 is 1.92 bits per heavy atom. The third-order valence-electron chi connectivity index (χ3n) is 3.56. The number of anilines is 1. The molecule has 3 aromatic rings. The molecule has 0 atom stereocenters. The average Bonchev–Trinajstić information content (AvgIpc) is 3.02. The number of rotatable bonds is 5. The zero-order chi connectivity index (χ0) is 18.5. The van der Waals surface area contributed by atoms with E-state index < -0.39 is 24.3 Å². The zero-order valence-corrected chi connectivity index (χ0v) is 13.9. The molecule has 0 radical (unpaired) electrons. The summed E-state index contributed by atoms with van der Waals surface area (Å²) >= 11 is 0. The molecule has 0 saturated carbocycles. The van der Waals surface area contributed by atoms with Crippen molar-refractivity contribution >= 4 is 17.6 Å². The lowest BCUT2D eigenvalue weighted by Gasteiger charge is -2.07. The van der Waals surface area contributed by atoms with Crippen molar-refractivity contribution in [1.82, 2.24) is 5.16 Å². The van der Waals surface area contributed by atoms with Crippen LogP contribution in [0.2, 0.25) is 0 Å². The Kier molecular flexibility index (Phi) is 5.07. The Bertz CT molecular complexity index is 938. The van der Waals surface area contributed by atoms with E-state index >= 15 is 0 Å². The number of halogens is 1. The van der Waals surface area contributed by atoms with Crippen molar-refractivity contribution in [2.24, 2.45) is 0 Å². The summed E-state index contributed by atoms with van der Waals surface area (Å²) in [6, 6.07) is 14.4. The van der Waals surface area contributed by atoms with Gasteiger partial charge in [0.25, 0.3) is 5.91 Å². The van der Waals surface area contributed by atoms with Crippen LogP contribution in [0.25, 0.3) is 11.3 Å². The van der Waals surface area contributed by atoms with E-state index in [4.69, 9.17) is 9.26 Å². The van der Waals surface area contributed by atoms with Gasteiger partial charge in [0.2, 0.25) is 0 Å². The summed E-state index contributed by atoms with van der Waals surface area (Å²) in [7, 11) is 0. The first-order valence-corrected chi connectivity index (χ1v) is 7.79. The molecule has 0 fully saturated rings. The van der Waals surface area contributed by atoms with Gasteiger partial charge in [0.1, 0.15) is 22.8 Å². The van der Waals surface area contributed by atoms with Gasteiger partial charge in [0, 0.05) is 11.3 Å². The molecule has 1 aromatic heterocycles. The summed E-state index contributed by atoms with van der Waals surface area (Å²) in [4.78, 5) is 24.3. The minimum atomic E-state index is -0.725. The topological polar surface area (TPSA) is 81.4 Å². The average molecular weight is 354 g/mol. The smallest absolute Gasteiger partial charge is 0.344 e. The lowest BCUT2D eigenvalue weighted by Crippen LogP contribution is -2.21. The van der Waals surface area contributed by atoms with Gasteiger partial charge in [0.15, 0.2) is 6.61 Å². The normalized spacial score (nSPS) is 10.4. The number of aryl methyl sites for hydroxylation is 1. The van der Waals surface area contributed by atoms with Gasteiger partial charge >= 0.3 is 5.97 Å². The highest BCUT2D eigenvalue weighted by atomic mass is 19.1. The summed E-state index contributed by atoms with van der Waals surface area (Å²) in [5, 5.41) is 6.34. The molecule has 0 unspecified atom stereocenters. The molecule has 0 aliphatic heterocycles. The SMILES string of the molecule is Cc1onc(-c2ccccc2)c1C(=O)OCC(=O)Nc1cccc(F)c1. The highest BCUT2D eigenvalue weighted by Gasteiger charge is 2.23. The van der Waals surface area contributed by atoms with Crippen molar-refractivity contribution in [2.75, 3.05) is 11.9 Å². The predicted molar refractivity (Wildman–Crippen MR) is 92.0 cm³/mol. The number of carbonyl (C=O) groups excluding carboxylic acids is 2. The summed E-state index contributed by atoms with van der Waals surface area (Å²) < 4.78 is 23.3. The van der Waals surface area contributed by atoms with Gasteiger partial charge in [-0.2, -0.15) is 0 Å². The summed E-state index contributed by atoms with van der Waals surface area (Å²) in [5.41, 5.74) is 1.48. The van der Waals surface area contributed by atoms with Crippen molar-refractivity contribution in [2.45, 2.75) is 6.92 Å². The fourth-order valence-electron chi connectivity index (χ4n) is 2.37. The molecule has 132 valence electrons. The Morgan fingerprint density at radius 3 is 2.65 bits per heavy atom.